The summed E-state index contributed by atoms with van der Waals surface area (Å²) in [5.41, 5.74) is 57.1. The maximum atomic E-state index is 12.0. The van der Waals surface area contributed by atoms with Crippen molar-refractivity contribution >= 4 is 37.1 Å². The Morgan fingerprint density at radius 1 is 0.336 bits per heavy atom. The summed E-state index contributed by atoms with van der Waals surface area (Å²) < 4.78 is 0. The molecule has 6 atom stereocenters. The maximum absolute atomic E-state index is 12.0. The largest absolute Gasteiger partial charge is 0.322 e. The zero-order chi connectivity index (χ0) is 77.2. The highest BCUT2D eigenvalue weighted by Crippen LogP contribution is 2.38. The van der Waals surface area contributed by atoms with Gasteiger partial charge in [-0.05, 0) is 142 Å². The van der Waals surface area contributed by atoms with Crippen molar-refractivity contribution in [2.24, 2.45) is 38.7 Å². The minimum absolute atomic E-state index is 0.0170. The van der Waals surface area contributed by atoms with Crippen LogP contribution in [0.3, 0.4) is 0 Å². The number of carbonyl (C=O) groups excluding carboxylic acids is 3. The third-order valence-corrected chi connectivity index (χ3v) is 19.4. The average Bonchev–Trinajstić information content (AvgIpc) is 1.62. The number of aryl methyl sites for hydroxylation is 11. The highest BCUT2D eigenvalue weighted by Gasteiger charge is 2.38. The first kappa shape index (κ1) is 82.3. The fraction of sp³-hybridized carbons (Fsp3) is 0.253. The Bertz CT molecular complexity index is 4320. The molecular formula is C95H107BN8O3. The van der Waals surface area contributed by atoms with Crippen molar-refractivity contribution in [2.75, 3.05) is 6.44 Å². The molecule has 11 N–H and O–H groups in total. The number of ketones is 2. The third-order valence-electron chi connectivity index (χ3n) is 19.4. The Hall–Kier alpha value is -10.4. The summed E-state index contributed by atoms with van der Waals surface area (Å²) in [7, 11) is 5.67. The van der Waals surface area contributed by atoms with Gasteiger partial charge in [0.1, 0.15) is 6.29 Å². The Labute approximate surface area is 637 Å². The van der Waals surface area contributed by atoms with Gasteiger partial charge in [-0.3, -0.25) is 24.4 Å². The lowest BCUT2D eigenvalue weighted by atomic mass is 9.90. The van der Waals surface area contributed by atoms with Gasteiger partial charge < -0.3 is 34.0 Å². The topological polar surface area (TPSA) is 218 Å². The van der Waals surface area contributed by atoms with E-state index in [4.69, 9.17) is 46.5 Å². The average molecular weight is 1420 g/mol. The number of Topliss-reactive ketones (excluding diaryl/α,β-unsaturated/α-hetero) is 2. The molecule has 0 amide bonds. The van der Waals surface area contributed by atoms with Gasteiger partial charge in [0.2, 0.25) is 11.6 Å². The minimum Gasteiger partial charge on any atom is -0.322 e. The monoisotopic (exact) mass is 1420 g/mol. The number of aliphatic imine (C=N–C) groups is 2. The highest BCUT2D eigenvalue weighted by atomic mass is 16.2. The number of carbonyl (C=O) groups is 3. The first-order valence-electron chi connectivity index (χ1n) is 37.0. The summed E-state index contributed by atoms with van der Waals surface area (Å²) >= 11 is 0. The molecule has 107 heavy (non-hydrogen) atoms. The quantitative estimate of drug-likeness (QED) is 0.0221. The third kappa shape index (κ3) is 24.6. The number of hydrogen-bond donors (Lipinski definition) is 6. The van der Waals surface area contributed by atoms with Crippen molar-refractivity contribution in [2.45, 2.75) is 150 Å². The van der Waals surface area contributed by atoms with E-state index in [-0.39, 0.29) is 41.9 Å². The summed E-state index contributed by atoms with van der Waals surface area (Å²) in [5.74, 6) is -0.919. The molecule has 13 rings (SSSR count). The number of aldehydes is 1. The Morgan fingerprint density at radius 3 is 0.813 bits per heavy atom. The fourth-order valence-corrected chi connectivity index (χ4v) is 12.3. The van der Waals surface area contributed by atoms with Crippen molar-refractivity contribution in [3.05, 3.63) is 389 Å². The zero-order valence-corrected chi connectivity index (χ0v) is 64.3. The molecule has 2 aliphatic rings. The molecule has 0 aromatic heterocycles. The fourth-order valence-electron chi connectivity index (χ4n) is 12.3. The second-order valence-electron chi connectivity index (χ2n) is 28.6. The van der Waals surface area contributed by atoms with Gasteiger partial charge in [-0.15, -0.1) is 0 Å². The van der Waals surface area contributed by atoms with E-state index in [1.54, 1.807) is 24.3 Å². The second kappa shape index (κ2) is 40.4. The standard InChI is InChI=1S/C22H24N2.C17H21BN2.2C16H20N2.C16H14O2.C8H8O/c1-16-6-10-18(11-7-16)20-21(19-12-8-17(2)9-13-19)24-22(23-20)14-4-3-5-15-22;1-12-3-7-14(8-4-12)16(19)17(20-11-18)15-9-5-13(2)6-10-15;3*1-11-3-7-13(8-4-11)15(17)16(18)14-9-5-12(2)6-10-14;1-7-2-4-8(6-9)5-3-7/h6-13H,3-5,14-15H2,1-2H3;3-10,16-17,20H,11,19H2,1-2H3;2*3-10,15-16H,17-18H2,1-2H3;3-10H,1-2H3;2-6H,1H3/t;16-,17-;15-,16-;;;/m.00.../s1. The van der Waals surface area contributed by atoms with Gasteiger partial charge in [0.15, 0.2) is 5.66 Å². The van der Waals surface area contributed by atoms with Gasteiger partial charge in [0.25, 0.3) is 0 Å². The highest BCUT2D eigenvalue weighted by molar-refractivity contribution is 6.54. The number of nitrogens with one attached hydrogen (secondary N) is 1. The van der Waals surface area contributed by atoms with Crippen molar-refractivity contribution in [3.63, 3.8) is 0 Å². The molecule has 1 aliphatic heterocycles. The van der Waals surface area contributed by atoms with Crippen LogP contribution in [-0.2, 0) is 0 Å². The number of nitrogens with zero attached hydrogens (tertiary/aromatic N) is 2. The van der Waals surface area contributed by atoms with Gasteiger partial charge in [-0.1, -0.05) is 335 Å². The van der Waals surface area contributed by atoms with Crippen LogP contribution < -0.4 is 34.0 Å². The van der Waals surface area contributed by atoms with Gasteiger partial charge in [0.05, 0.1) is 25.3 Å². The molecule has 1 heterocycles. The van der Waals surface area contributed by atoms with Crippen molar-refractivity contribution in [1.82, 2.24) is 5.32 Å². The van der Waals surface area contributed by atoms with E-state index in [9.17, 15) is 14.4 Å². The lowest BCUT2D eigenvalue weighted by molar-refractivity contribution is 0.0817. The number of nitrogens with two attached hydrogens (primary N) is 5. The number of benzene rings is 11. The second-order valence-corrected chi connectivity index (χ2v) is 28.6. The summed E-state index contributed by atoms with van der Waals surface area (Å²) in [4.78, 5) is 44.4. The van der Waals surface area contributed by atoms with Crippen LogP contribution in [0.25, 0.3) is 0 Å². The lowest BCUT2D eigenvalue weighted by Crippen LogP contribution is -2.32. The number of hydrogen-bond acceptors (Lipinski definition) is 11. The first-order chi connectivity index (χ1) is 51.3. The van der Waals surface area contributed by atoms with Crippen LogP contribution in [0.1, 0.15) is 205 Å². The first-order valence-corrected chi connectivity index (χ1v) is 37.0. The Balaban J connectivity index is 0.000000165. The van der Waals surface area contributed by atoms with E-state index >= 15 is 0 Å². The van der Waals surface area contributed by atoms with E-state index < -0.39 is 11.6 Å². The van der Waals surface area contributed by atoms with Crippen LogP contribution in [0.15, 0.2) is 277 Å². The predicted octanol–water partition coefficient (Wildman–Crippen LogP) is 19.2. The van der Waals surface area contributed by atoms with E-state index in [1.807, 2.05) is 118 Å². The molecule has 548 valence electrons. The van der Waals surface area contributed by atoms with Crippen molar-refractivity contribution in [1.29, 1.82) is 0 Å². The molecule has 12 heteroatoms. The normalized spacial score (nSPS) is 14.2. The van der Waals surface area contributed by atoms with Crippen LogP contribution in [0.5, 0.6) is 0 Å². The molecule has 2 radical (unpaired) electrons. The van der Waals surface area contributed by atoms with Crippen LogP contribution in [0.2, 0.25) is 0 Å². The Kier molecular flexibility index (Phi) is 31.0. The van der Waals surface area contributed by atoms with E-state index in [1.165, 1.54) is 80.5 Å². The molecule has 1 spiro atoms. The van der Waals surface area contributed by atoms with Gasteiger partial charge >= 0.3 is 0 Å². The molecule has 11 aromatic rings. The molecule has 11 nitrogen and oxygen atoms in total. The van der Waals surface area contributed by atoms with E-state index in [0.717, 1.165) is 80.6 Å². The van der Waals surface area contributed by atoms with Crippen LogP contribution in [-0.4, -0.2) is 49.2 Å². The van der Waals surface area contributed by atoms with Crippen LogP contribution >= 0.6 is 0 Å². The van der Waals surface area contributed by atoms with Gasteiger partial charge in [-0.25, -0.2) is 0 Å². The molecule has 1 fully saturated rings. The van der Waals surface area contributed by atoms with E-state index in [0.29, 0.717) is 17.6 Å². The van der Waals surface area contributed by atoms with Gasteiger partial charge in [0, 0.05) is 58.0 Å². The minimum atomic E-state index is -0.459. The molecule has 0 saturated heterocycles. The lowest BCUT2D eigenvalue weighted by Gasteiger charge is -2.27. The molecule has 1 saturated carbocycles. The maximum Gasteiger partial charge on any atom is 0.233 e. The zero-order valence-electron chi connectivity index (χ0n) is 64.3. The Morgan fingerprint density at radius 2 is 0.561 bits per heavy atom. The number of rotatable bonds is 17. The smallest absolute Gasteiger partial charge is 0.233 e. The predicted molar refractivity (Wildman–Crippen MR) is 447 cm³/mol. The summed E-state index contributed by atoms with van der Waals surface area (Å²) in [6.45, 7) is 22.5. The molecule has 11 aromatic carbocycles. The van der Waals surface area contributed by atoms with Crippen molar-refractivity contribution in [3.8, 4) is 0 Å². The van der Waals surface area contributed by atoms with Crippen molar-refractivity contribution < 1.29 is 14.4 Å². The summed E-state index contributed by atoms with van der Waals surface area (Å²) in [6, 6.07) is 87.8. The molecule has 2 unspecified atom stereocenters. The van der Waals surface area contributed by atoms with Gasteiger partial charge in [-0.2, -0.15) is 0 Å². The summed E-state index contributed by atoms with van der Waals surface area (Å²) in [6.07, 6.45) is 7.18. The SMILES string of the molecule is Cc1ccc(C(=O)C(=O)c2ccc(C)cc2)cc1.Cc1ccc(C(N)C(N)c2ccc(C)cc2)cc1.Cc1ccc(C2=NC3(CCCCC3)N=C2c2ccc(C)cc2)cc1.Cc1ccc(C=O)cc1.Cc1ccc([C@H](N)[C@@H](N)c2ccc(C)cc2)cc1.[B]CN[C@@H](c1ccc(C)cc1)[C@@H](N)c1ccc(C)cc1. The molecule has 1 aliphatic carbocycles. The van der Waals surface area contributed by atoms with E-state index in [2.05, 4.69) is 206 Å². The molecule has 0 bridgehead atoms. The van der Waals surface area contributed by atoms with Crippen LogP contribution in [0.4, 0.5) is 0 Å². The van der Waals surface area contributed by atoms with Crippen LogP contribution in [0, 0.1) is 76.2 Å². The molecular weight excluding hydrogens is 1310 g/mol. The summed E-state index contributed by atoms with van der Waals surface area (Å²) in [5, 5.41) is 3.28.